The fourth-order valence-corrected chi connectivity index (χ4v) is 3.32. The minimum Gasteiger partial charge on any atom is -0.388 e. The smallest absolute Gasteiger partial charge is 0.315 e. The SMILES string of the molecule is O=C(NCC1(O)CCOCC1)NC1CCCc2cc(F)ccc21. The zero-order valence-electron chi connectivity index (χ0n) is 13.1. The van der Waals surface area contributed by atoms with E-state index in [4.69, 9.17) is 4.74 Å². The summed E-state index contributed by atoms with van der Waals surface area (Å²) in [6, 6.07) is 4.32. The van der Waals surface area contributed by atoms with Gasteiger partial charge in [0.15, 0.2) is 0 Å². The quantitative estimate of drug-likeness (QED) is 0.797. The molecule has 2 aliphatic rings. The maximum Gasteiger partial charge on any atom is 0.315 e. The van der Waals surface area contributed by atoms with Crippen LogP contribution in [0.1, 0.15) is 42.9 Å². The molecule has 6 heteroatoms. The molecular weight excluding hydrogens is 299 g/mol. The minimum absolute atomic E-state index is 0.108. The highest BCUT2D eigenvalue weighted by molar-refractivity contribution is 5.74. The molecule has 0 aromatic heterocycles. The van der Waals surface area contributed by atoms with Crippen molar-refractivity contribution >= 4 is 6.03 Å². The predicted octanol–water partition coefficient (Wildman–Crippen LogP) is 2.04. The lowest BCUT2D eigenvalue weighted by Gasteiger charge is -2.32. The molecule has 1 aliphatic heterocycles. The van der Waals surface area contributed by atoms with Crippen LogP contribution < -0.4 is 10.6 Å². The Balaban J connectivity index is 1.56. The topological polar surface area (TPSA) is 70.6 Å². The normalized spacial score (nSPS) is 23.0. The van der Waals surface area contributed by atoms with Crippen molar-refractivity contribution in [1.29, 1.82) is 0 Å². The predicted molar refractivity (Wildman–Crippen MR) is 83.6 cm³/mol. The molecule has 1 fully saturated rings. The largest absolute Gasteiger partial charge is 0.388 e. The van der Waals surface area contributed by atoms with Crippen LogP contribution in [0, 0.1) is 5.82 Å². The Morgan fingerprint density at radius 2 is 2.17 bits per heavy atom. The summed E-state index contributed by atoms with van der Waals surface area (Å²) in [5.74, 6) is -0.240. The molecule has 0 bridgehead atoms. The molecule has 1 aromatic carbocycles. The van der Waals surface area contributed by atoms with Crippen LogP contribution in [0.25, 0.3) is 0 Å². The van der Waals surface area contributed by atoms with Gasteiger partial charge in [0, 0.05) is 32.6 Å². The number of benzene rings is 1. The highest BCUT2D eigenvalue weighted by Crippen LogP contribution is 2.30. The van der Waals surface area contributed by atoms with Crippen molar-refractivity contribution in [3.05, 3.63) is 35.1 Å². The first-order valence-electron chi connectivity index (χ1n) is 8.19. The number of fused-ring (bicyclic) bond motifs is 1. The third kappa shape index (κ3) is 4.00. The van der Waals surface area contributed by atoms with Crippen LogP contribution >= 0.6 is 0 Å². The number of aliphatic hydroxyl groups is 1. The maximum absolute atomic E-state index is 13.3. The second-order valence-corrected chi connectivity index (χ2v) is 6.45. The number of amides is 2. The van der Waals surface area contributed by atoms with Gasteiger partial charge in [0.25, 0.3) is 0 Å². The first-order chi connectivity index (χ1) is 11.1. The molecule has 0 radical (unpaired) electrons. The van der Waals surface area contributed by atoms with Crippen LogP contribution in [0.15, 0.2) is 18.2 Å². The lowest BCUT2D eigenvalue weighted by atomic mass is 9.87. The summed E-state index contributed by atoms with van der Waals surface area (Å²) in [5.41, 5.74) is 1.06. The summed E-state index contributed by atoms with van der Waals surface area (Å²) in [7, 11) is 0. The van der Waals surface area contributed by atoms with Crippen molar-refractivity contribution in [1.82, 2.24) is 10.6 Å². The number of carbonyl (C=O) groups is 1. The monoisotopic (exact) mass is 322 g/mol. The highest BCUT2D eigenvalue weighted by atomic mass is 19.1. The van der Waals surface area contributed by atoms with E-state index in [1.54, 1.807) is 12.1 Å². The molecule has 126 valence electrons. The van der Waals surface area contributed by atoms with E-state index in [0.29, 0.717) is 26.1 Å². The van der Waals surface area contributed by atoms with E-state index in [9.17, 15) is 14.3 Å². The lowest BCUT2D eigenvalue weighted by Crippen LogP contribution is -2.49. The summed E-state index contributed by atoms with van der Waals surface area (Å²) in [6.45, 7) is 1.24. The number of rotatable bonds is 3. The second-order valence-electron chi connectivity index (χ2n) is 6.45. The van der Waals surface area contributed by atoms with Crippen LogP contribution in [-0.2, 0) is 11.2 Å². The van der Waals surface area contributed by atoms with Gasteiger partial charge in [0.2, 0.25) is 0 Å². The Morgan fingerprint density at radius 1 is 1.39 bits per heavy atom. The van der Waals surface area contributed by atoms with Crippen molar-refractivity contribution < 1.29 is 19.0 Å². The second kappa shape index (κ2) is 6.84. The van der Waals surface area contributed by atoms with Crippen LogP contribution in [0.5, 0.6) is 0 Å². The molecule has 0 saturated carbocycles. The molecule has 3 rings (SSSR count). The summed E-state index contributed by atoms with van der Waals surface area (Å²) in [6.07, 6.45) is 3.65. The van der Waals surface area contributed by atoms with E-state index >= 15 is 0 Å². The van der Waals surface area contributed by atoms with Gasteiger partial charge in [-0.3, -0.25) is 0 Å². The zero-order valence-corrected chi connectivity index (χ0v) is 13.1. The number of hydrogen-bond acceptors (Lipinski definition) is 3. The van der Waals surface area contributed by atoms with Crippen molar-refractivity contribution in [3.63, 3.8) is 0 Å². The van der Waals surface area contributed by atoms with Crippen LogP contribution in [-0.4, -0.2) is 36.5 Å². The van der Waals surface area contributed by atoms with Gasteiger partial charge in [-0.25, -0.2) is 9.18 Å². The first-order valence-corrected chi connectivity index (χ1v) is 8.19. The molecule has 1 saturated heterocycles. The molecular formula is C17H23FN2O3. The van der Waals surface area contributed by atoms with Crippen LogP contribution in [0.3, 0.4) is 0 Å². The van der Waals surface area contributed by atoms with Crippen LogP contribution in [0.2, 0.25) is 0 Å². The van der Waals surface area contributed by atoms with Gasteiger partial charge in [-0.1, -0.05) is 6.07 Å². The summed E-state index contributed by atoms with van der Waals surface area (Å²) < 4.78 is 18.5. The van der Waals surface area contributed by atoms with E-state index < -0.39 is 5.60 Å². The lowest BCUT2D eigenvalue weighted by molar-refractivity contribution is -0.0600. The maximum atomic E-state index is 13.3. The van der Waals surface area contributed by atoms with Gasteiger partial charge in [0.05, 0.1) is 11.6 Å². The number of ether oxygens (including phenoxy) is 1. The molecule has 2 amide bonds. The van der Waals surface area contributed by atoms with E-state index in [1.165, 1.54) is 6.07 Å². The number of hydrogen-bond donors (Lipinski definition) is 3. The fourth-order valence-electron chi connectivity index (χ4n) is 3.32. The fraction of sp³-hybridized carbons (Fsp3) is 0.588. The van der Waals surface area contributed by atoms with Crippen molar-refractivity contribution in [2.45, 2.75) is 43.7 Å². The van der Waals surface area contributed by atoms with Gasteiger partial charge < -0.3 is 20.5 Å². The van der Waals surface area contributed by atoms with Gasteiger partial charge >= 0.3 is 6.03 Å². The number of halogens is 1. The van der Waals surface area contributed by atoms with E-state index in [0.717, 1.165) is 30.4 Å². The number of nitrogens with one attached hydrogen (secondary N) is 2. The Kier molecular flexibility index (Phi) is 4.82. The van der Waals surface area contributed by atoms with Crippen LogP contribution in [0.4, 0.5) is 9.18 Å². The van der Waals surface area contributed by atoms with Crippen molar-refractivity contribution in [2.75, 3.05) is 19.8 Å². The molecule has 1 atom stereocenters. The number of carbonyl (C=O) groups excluding carboxylic acids is 1. The standard InChI is InChI=1S/C17H23FN2O3/c18-13-4-5-14-12(10-13)2-1-3-15(14)20-16(21)19-11-17(22)6-8-23-9-7-17/h4-5,10,15,22H,1-3,6-9,11H2,(H2,19,20,21). The minimum atomic E-state index is -0.886. The summed E-state index contributed by atoms with van der Waals surface area (Å²) in [5, 5.41) is 16.0. The Bertz CT molecular complexity index is 573. The molecule has 3 N–H and O–H groups in total. The van der Waals surface area contributed by atoms with E-state index in [1.807, 2.05) is 0 Å². The molecule has 1 heterocycles. The van der Waals surface area contributed by atoms with Gasteiger partial charge in [-0.05, 0) is 42.5 Å². The summed E-state index contributed by atoms with van der Waals surface area (Å²) >= 11 is 0. The number of aryl methyl sites for hydroxylation is 1. The average molecular weight is 322 g/mol. The highest BCUT2D eigenvalue weighted by Gasteiger charge is 2.30. The molecule has 1 aliphatic carbocycles. The van der Waals surface area contributed by atoms with Gasteiger partial charge in [-0.15, -0.1) is 0 Å². The third-order valence-electron chi connectivity index (χ3n) is 4.73. The first kappa shape index (κ1) is 16.2. The molecule has 1 unspecified atom stereocenters. The Labute approximate surface area is 135 Å². The van der Waals surface area contributed by atoms with Crippen molar-refractivity contribution in [2.24, 2.45) is 0 Å². The van der Waals surface area contributed by atoms with E-state index in [-0.39, 0.29) is 24.4 Å². The van der Waals surface area contributed by atoms with Gasteiger partial charge in [0.1, 0.15) is 5.82 Å². The molecule has 1 aromatic rings. The Morgan fingerprint density at radius 3 is 2.96 bits per heavy atom. The molecule has 23 heavy (non-hydrogen) atoms. The molecule has 5 nitrogen and oxygen atoms in total. The Hall–Kier alpha value is -1.66. The van der Waals surface area contributed by atoms with Gasteiger partial charge in [-0.2, -0.15) is 0 Å². The summed E-state index contributed by atoms with van der Waals surface area (Å²) in [4.78, 5) is 12.1. The van der Waals surface area contributed by atoms with E-state index in [2.05, 4.69) is 10.6 Å². The van der Waals surface area contributed by atoms with Crippen molar-refractivity contribution in [3.8, 4) is 0 Å². The zero-order chi connectivity index (χ0) is 16.3. The molecule has 0 spiro atoms. The third-order valence-corrected chi connectivity index (χ3v) is 4.73. The average Bonchev–Trinajstić information content (AvgIpc) is 2.54. The number of urea groups is 1.